The second-order valence-corrected chi connectivity index (χ2v) is 17.9. The number of hydrogen-bond donors (Lipinski definition) is 2. The van der Waals surface area contributed by atoms with E-state index in [1.54, 1.807) is 0 Å². The molecule has 7 fully saturated rings. The number of benzene rings is 3. The number of nitrogens with zero attached hydrogens (tertiary/aromatic N) is 5. The number of pyridine rings is 1. The first-order valence-electron chi connectivity index (χ1n) is 20.7. The van der Waals surface area contributed by atoms with E-state index < -0.39 is 35.4 Å². The van der Waals surface area contributed by atoms with Gasteiger partial charge in [0.25, 0.3) is 0 Å². The predicted octanol–water partition coefficient (Wildman–Crippen LogP) is 8.18. The smallest absolute Gasteiger partial charge is 0.319 e. The molecule has 7 aliphatic rings. The lowest BCUT2D eigenvalue weighted by atomic mass is 9.41. The number of fused-ring (bicyclic) bond motifs is 2. The summed E-state index contributed by atoms with van der Waals surface area (Å²) in [5.74, 6) is -1.63. The molecule has 2 unspecified atom stereocenters. The standard InChI is InChI=1S/C46H43F5N6O4/c1-3-32-34(50)5-4-25-12-31(58)16-33(35(25)32)39-38(51)40-36(43(53-39)60-2)41(55-44(54-40)61-23-45(8-9-45)22-56-10-6-27(47)7-11-56)57-20-24-17-46(18-24)19-26(21-57)37(46)42(59)52-30-14-28(48)13-29(49)15-30/h1,4-5,12-16,24,26-27,37,58H,6-11,17-23H2,2H3,(H,52,59). The molecule has 316 valence electrons. The van der Waals surface area contributed by atoms with Crippen LogP contribution in [0.15, 0.2) is 42.5 Å². The minimum atomic E-state index is -0.906. The van der Waals surface area contributed by atoms with Gasteiger partial charge in [0, 0.05) is 66.8 Å². The highest BCUT2D eigenvalue weighted by atomic mass is 19.1. The Bertz CT molecular complexity index is 2630. The van der Waals surface area contributed by atoms with Gasteiger partial charge in [-0.1, -0.05) is 12.0 Å². The number of carbonyl (C=O) groups is 1. The number of halogens is 5. The number of alkyl halides is 1. The number of nitrogens with one attached hydrogen (secondary N) is 1. The molecule has 4 saturated heterocycles. The van der Waals surface area contributed by atoms with Crippen molar-refractivity contribution in [1.82, 2.24) is 19.9 Å². The second kappa shape index (κ2) is 14.7. The Kier molecular flexibility index (Phi) is 9.50. The van der Waals surface area contributed by atoms with Crippen LogP contribution in [0.1, 0.15) is 50.5 Å². The van der Waals surface area contributed by atoms with E-state index in [4.69, 9.17) is 20.9 Å². The van der Waals surface area contributed by atoms with Crippen molar-refractivity contribution >= 4 is 39.1 Å². The average Bonchev–Trinajstić information content (AvgIpc) is 3.95. The molecule has 3 bridgehead atoms. The van der Waals surface area contributed by atoms with Crippen LogP contribution in [0.4, 0.5) is 33.5 Å². The van der Waals surface area contributed by atoms with Crippen molar-refractivity contribution in [3.63, 3.8) is 0 Å². The number of piperidine rings is 1. The van der Waals surface area contributed by atoms with Crippen LogP contribution in [-0.4, -0.2) is 83.5 Å². The Labute approximate surface area is 348 Å². The molecule has 10 nitrogen and oxygen atoms in total. The van der Waals surface area contributed by atoms with Crippen LogP contribution in [0.3, 0.4) is 0 Å². The molecule has 12 rings (SSSR count). The number of terminal acetylenes is 1. The van der Waals surface area contributed by atoms with Crippen molar-refractivity contribution in [3.05, 3.63) is 71.3 Å². The topological polar surface area (TPSA) is 113 Å². The quantitative estimate of drug-likeness (QED) is 0.106. The third-order valence-corrected chi connectivity index (χ3v) is 13.7. The summed E-state index contributed by atoms with van der Waals surface area (Å²) >= 11 is 0. The second-order valence-electron chi connectivity index (χ2n) is 17.9. The monoisotopic (exact) mass is 838 g/mol. The van der Waals surface area contributed by atoms with Crippen LogP contribution >= 0.6 is 0 Å². The highest BCUT2D eigenvalue weighted by molar-refractivity contribution is 6.04. The maximum absolute atomic E-state index is 17.5. The van der Waals surface area contributed by atoms with Gasteiger partial charge in [0.05, 0.1) is 19.3 Å². The predicted molar refractivity (Wildman–Crippen MR) is 218 cm³/mol. The van der Waals surface area contributed by atoms with E-state index in [1.165, 1.54) is 31.4 Å². The van der Waals surface area contributed by atoms with Gasteiger partial charge in [-0.25, -0.2) is 26.9 Å². The van der Waals surface area contributed by atoms with E-state index in [-0.39, 0.29) is 91.6 Å². The summed E-state index contributed by atoms with van der Waals surface area (Å²) in [5, 5.41) is 14.2. The van der Waals surface area contributed by atoms with Crippen molar-refractivity contribution in [2.45, 2.75) is 51.1 Å². The van der Waals surface area contributed by atoms with E-state index in [0.717, 1.165) is 56.8 Å². The maximum Gasteiger partial charge on any atom is 0.319 e. The summed E-state index contributed by atoms with van der Waals surface area (Å²) in [6.07, 6.45) is 9.97. The number of phenolic OH excluding ortho intramolecular Hbond substituents is 1. The average molecular weight is 839 g/mol. The molecule has 6 heterocycles. The number of phenols is 1. The molecule has 61 heavy (non-hydrogen) atoms. The van der Waals surface area contributed by atoms with Crippen molar-refractivity contribution in [3.8, 4) is 41.2 Å². The first-order valence-corrected chi connectivity index (χ1v) is 20.7. The molecule has 2 atom stereocenters. The van der Waals surface area contributed by atoms with Crippen LogP contribution in [-0.2, 0) is 4.79 Å². The summed E-state index contributed by atoms with van der Waals surface area (Å²) in [6.45, 7) is 3.14. The Morgan fingerprint density at radius 3 is 2.44 bits per heavy atom. The molecule has 0 radical (unpaired) electrons. The van der Waals surface area contributed by atoms with Gasteiger partial charge in [-0.2, -0.15) is 9.97 Å². The zero-order valence-corrected chi connectivity index (χ0v) is 33.4. The fourth-order valence-corrected chi connectivity index (χ4v) is 10.8. The van der Waals surface area contributed by atoms with Crippen LogP contribution in [0.5, 0.6) is 17.6 Å². The number of ether oxygens (including phenoxy) is 2. The van der Waals surface area contributed by atoms with Gasteiger partial charge in [0.15, 0.2) is 5.82 Å². The molecule has 2 aromatic heterocycles. The van der Waals surface area contributed by atoms with Crippen LogP contribution in [0.2, 0.25) is 0 Å². The van der Waals surface area contributed by atoms with Gasteiger partial charge >= 0.3 is 6.01 Å². The number of methoxy groups -OCH3 is 1. The number of carbonyl (C=O) groups excluding carboxylic acids is 1. The van der Waals surface area contributed by atoms with Gasteiger partial charge in [0.1, 0.15) is 51.8 Å². The molecule has 5 aromatic rings. The van der Waals surface area contributed by atoms with Crippen LogP contribution < -0.4 is 19.7 Å². The Morgan fingerprint density at radius 2 is 1.74 bits per heavy atom. The fourth-order valence-electron chi connectivity index (χ4n) is 10.8. The Hall–Kier alpha value is -5.75. The van der Waals surface area contributed by atoms with Gasteiger partial charge in [0.2, 0.25) is 11.8 Å². The summed E-state index contributed by atoms with van der Waals surface area (Å²) in [7, 11) is 1.38. The van der Waals surface area contributed by atoms with Gasteiger partial charge < -0.3 is 29.7 Å². The number of amides is 1. The van der Waals surface area contributed by atoms with Crippen molar-refractivity contribution in [2.24, 2.45) is 28.6 Å². The Morgan fingerprint density at radius 1 is 0.984 bits per heavy atom. The molecule has 2 N–H and O–H groups in total. The lowest BCUT2D eigenvalue weighted by molar-refractivity contribution is -0.164. The first-order chi connectivity index (χ1) is 29.3. The molecular formula is C46H43F5N6O4. The van der Waals surface area contributed by atoms with Crippen molar-refractivity contribution in [1.29, 1.82) is 0 Å². The number of likely N-dealkylation sites (tertiary alicyclic amines) is 1. The van der Waals surface area contributed by atoms with Crippen LogP contribution in [0.25, 0.3) is 32.9 Å². The van der Waals surface area contributed by atoms with Gasteiger partial charge in [-0.3, -0.25) is 4.79 Å². The zero-order chi connectivity index (χ0) is 42.4. The normalized spacial score (nSPS) is 24.3. The van der Waals surface area contributed by atoms with Crippen molar-refractivity contribution in [2.75, 3.05) is 56.7 Å². The molecule has 3 saturated carbocycles. The lowest BCUT2D eigenvalue weighted by Gasteiger charge is -2.66. The van der Waals surface area contributed by atoms with Crippen LogP contribution in [0, 0.1) is 64.2 Å². The van der Waals surface area contributed by atoms with Gasteiger partial charge in [-0.15, -0.1) is 6.42 Å². The summed E-state index contributed by atoms with van der Waals surface area (Å²) in [6, 6.07) is 8.10. The lowest BCUT2D eigenvalue weighted by Crippen LogP contribution is -2.66. The molecule has 1 spiro atoms. The van der Waals surface area contributed by atoms with E-state index >= 15 is 8.78 Å². The number of aromatic hydroxyl groups is 1. The molecule has 4 aliphatic heterocycles. The zero-order valence-electron chi connectivity index (χ0n) is 33.4. The minimum absolute atomic E-state index is 0.0235. The highest BCUT2D eigenvalue weighted by Gasteiger charge is 2.64. The molecule has 3 aliphatic carbocycles. The Balaban J connectivity index is 1.06. The third-order valence-electron chi connectivity index (χ3n) is 13.7. The minimum Gasteiger partial charge on any atom is -0.508 e. The summed E-state index contributed by atoms with van der Waals surface area (Å²) in [5.41, 5.74) is -0.981. The first kappa shape index (κ1) is 39.4. The fraction of sp³-hybridized carbons (Fsp3) is 0.435. The number of aromatic nitrogens is 3. The number of rotatable bonds is 10. The van der Waals surface area contributed by atoms with Gasteiger partial charge in [-0.05, 0) is 97.9 Å². The molecular weight excluding hydrogens is 796 g/mol. The molecule has 15 heteroatoms. The van der Waals surface area contributed by atoms with E-state index in [9.17, 15) is 23.1 Å². The SMILES string of the molecule is C#Cc1c(F)ccc2cc(O)cc(-c3nc(OC)c4c(N5CC6CC7(C6)CC(C5)C7C(=O)Nc5cc(F)cc(F)c5)nc(OCC5(CN6CCC(F)CC6)CC5)nc4c3F)c12. The van der Waals surface area contributed by atoms with Crippen molar-refractivity contribution < 1.29 is 41.3 Å². The number of anilines is 2. The largest absolute Gasteiger partial charge is 0.508 e. The maximum atomic E-state index is 17.5. The highest BCUT2D eigenvalue weighted by Crippen LogP contribution is 2.67. The third kappa shape index (κ3) is 6.92. The molecule has 3 aromatic carbocycles. The van der Waals surface area contributed by atoms with E-state index in [0.29, 0.717) is 50.2 Å². The summed E-state index contributed by atoms with van der Waals surface area (Å²) in [4.78, 5) is 32.4. The molecule has 1 amide bonds. The summed E-state index contributed by atoms with van der Waals surface area (Å²) < 4.78 is 87.1. The van der Waals surface area contributed by atoms with E-state index in [1.807, 2.05) is 4.90 Å². The number of hydrogen-bond acceptors (Lipinski definition) is 9. The van der Waals surface area contributed by atoms with E-state index in [2.05, 4.69) is 26.1 Å².